The minimum atomic E-state index is 0.118. The van der Waals surface area contributed by atoms with E-state index in [0.717, 1.165) is 21.8 Å². The monoisotopic (exact) mass is 287 g/mol. The molecule has 0 atom stereocenters. The highest BCUT2D eigenvalue weighted by Gasteiger charge is 2.16. The van der Waals surface area contributed by atoms with E-state index in [1.165, 1.54) is 0 Å². The normalized spacial score (nSPS) is 11.4. The number of thioether (sulfide) groups is 1. The van der Waals surface area contributed by atoms with Gasteiger partial charge in [-0.05, 0) is 30.5 Å². The van der Waals surface area contributed by atoms with Crippen LogP contribution < -0.4 is 10.6 Å². The molecule has 0 heterocycles. The van der Waals surface area contributed by atoms with Gasteiger partial charge in [0.2, 0.25) is 0 Å². The van der Waals surface area contributed by atoms with Crippen LogP contribution in [-0.4, -0.2) is 24.3 Å². The molecule has 0 spiro atoms. The van der Waals surface area contributed by atoms with Crippen molar-refractivity contribution in [2.75, 3.05) is 18.2 Å². The van der Waals surface area contributed by atoms with Crippen molar-refractivity contribution >= 4 is 29.0 Å². The molecule has 0 bridgehead atoms. The van der Waals surface area contributed by atoms with E-state index in [9.17, 15) is 0 Å². The maximum atomic E-state index is 9.02. The largest absolute Gasteiger partial charge is 0.409 e. The molecule has 2 aromatic carbocycles. The molecule has 0 aliphatic heterocycles. The van der Waals surface area contributed by atoms with E-state index in [1.807, 2.05) is 66.7 Å². The average molecular weight is 287 g/mol. The van der Waals surface area contributed by atoms with Crippen molar-refractivity contribution in [1.29, 1.82) is 0 Å². The quantitative estimate of drug-likeness (QED) is 0.298. The van der Waals surface area contributed by atoms with Crippen molar-refractivity contribution in [2.45, 2.75) is 4.90 Å². The maximum Gasteiger partial charge on any atom is 0.173 e. The van der Waals surface area contributed by atoms with E-state index in [-0.39, 0.29) is 5.84 Å². The molecule has 0 unspecified atom stereocenters. The van der Waals surface area contributed by atoms with Crippen LogP contribution in [0.15, 0.2) is 58.6 Å². The zero-order valence-corrected chi connectivity index (χ0v) is 12.3. The summed E-state index contributed by atoms with van der Waals surface area (Å²) in [4.78, 5) is 2.99. The Kier molecular flexibility index (Phi) is 4.53. The summed E-state index contributed by atoms with van der Waals surface area (Å²) in [6.45, 7) is 0. The molecule has 0 fully saturated rings. The predicted molar refractivity (Wildman–Crippen MR) is 85.2 cm³/mol. The molecule has 104 valence electrons. The van der Waals surface area contributed by atoms with E-state index in [1.54, 1.807) is 11.8 Å². The second-order valence-corrected chi connectivity index (χ2v) is 5.08. The predicted octanol–water partition coefficient (Wildman–Crippen LogP) is 3.27. The van der Waals surface area contributed by atoms with Crippen molar-refractivity contribution in [3.63, 3.8) is 0 Å². The zero-order valence-electron chi connectivity index (χ0n) is 11.4. The second-order valence-electron chi connectivity index (χ2n) is 4.23. The summed E-state index contributed by atoms with van der Waals surface area (Å²) in [5.74, 6) is 0.118. The minimum Gasteiger partial charge on any atom is -0.409 e. The molecule has 0 saturated carbocycles. The Hall–Kier alpha value is -2.14. The van der Waals surface area contributed by atoms with Crippen LogP contribution in [0.2, 0.25) is 0 Å². The van der Waals surface area contributed by atoms with Gasteiger partial charge in [0.05, 0.1) is 11.3 Å². The lowest BCUT2D eigenvalue weighted by Gasteiger charge is -2.23. The summed E-state index contributed by atoms with van der Waals surface area (Å²) in [5.41, 5.74) is 8.53. The summed E-state index contributed by atoms with van der Waals surface area (Å²) in [6.07, 6.45) is 1.97. The molecule has 4 nitrogen and oxygen atoms in total. The standard InChI is InChI=1S/C15H17N3OS/c1-18(11-7-4-3-5-8-11)12-9-6-10-13(20-2)14(12)15(16)17-19/h3-10,19H,1-2H3,(H2,16,17). The van der Waals surface area contributed by atoms with Gasteiger partial charge in [0.25, 0.3) is 0 Å². The smallest absolute Gasteiger partial charge is 0.173 e. The Morgan fingerprint density at radius 1 is 1.15 bits per heavy atom. The van der Waals surface area contributed by atoms with Gasteiger partial charge in [-0.25, -0.2) is 0 Å². The molecule has 2 aromatic rings. The molecule has 20 heavy (non-hydrogen) atoms. The highest BCUT2D eigenvalue weighted by molar-refractivity contribution is 7.98. The summed E-state index contributed by atoms with van der Waals surface area (Å²) in [7, 11) is 1.96. The maximum absolute atomic E-state index is 9.02. The third kappa shape index (κ3) is 2.72. The van der Waals surface area contributed by atoms with Crippen molar-refractivity contribution < 1.29 is 5.21 Å². The minimum absolute atomic E-state index is 0.118. The van der Waals surface area contributed by atoms with Gasteiger partial charge in [-0.1, -0.05) is 29.4 Å². The van der Waals surface area contributed by atoms with Gasteiger partial charge in [0, 0.05) is 17.6 Å². The molecule has 2 rings (SSSR count). The van der Waals surface area contributed by atoms with Crippen LogP contribution >= 0.6 is 11.8 Å². The molecule has 0 amide bonds. The molecular formula is C15H17N3OS. The SMILES string of the molecule is CSc1cccc(N(C)c2ccccc2)c1/C(N)=N/O. The fourth-order valence-electron chi connectivity index (χ4n) is 2.07. The first-order chi connectivity index (χ1) is 9.69. The molecule has 0 saturated heterocycles. The number of hydrogen-bond donors (Lipinski definition) is 2. The van der Waals surface area contributed by atoms with Gasteiger partial charge < -0.3 is 15.8 Å². The molecular weight excluding hydrogens is 270 g/mol. The summed E-state index contributed by atoms with van der Waals surface area (Å²) >= 11 is 1.57. The fraction of sp³-hybridized carbons (Fsp3) is 0.133. The lowest BCUT2D eigenvalue weighted by atomic mass is 10.1. The van der Waals surface area contributed by atoms with Crippen molar-refractivity contribution in [1.82, 2.24) is 0 Å². The summed E-state index contributed by atoms with van der Waals surface area (Å²) < 4.78 is 0. The van der Waals surface area contributed by atoms with Crippen LogP contribution in [0, 0.1) is 0 Å². The lowest BCUT2D eigenvalue weighted by Crippen LogP contribution is -2.20. The molecule has 5 heteroatoms. The summed E-state index contributed by atoms with van der Waals surface area (Å²) in [5, 5.41) is 12.2. The highest BCUT2D eigenvalue weighted by atomic mass is 32.2. The third-order valence-electron chi connectivity index (χ3n) is 3.09. The Balaban J connectivity index is 2.57. The first-order valence-electron chi connectivity index (χ1n) is 6.12. The number of rotatable bonds is 4. The average Bonchev–Trinajstić information content (AvgIpc) is 2.53. The number of nitrogens with zero attached hydrogens (tertiary/aromatic N) is 2. The third-order valence-corrected chi connectivity index (χ3v) is 3.87. The highest BCUT2D eigenvalue weighted by Crippen LogP contribution is 2.32. The Morgan fingerprint density at radius 3 is 2.45 bits per heavy atom. The van der Waals surface area contributed by atoms with Crippen LogP contribution in [0.4, 0.5) is 11.4 Å². The van der Waals surface area contributed by atoms with E-state index in [2.05, 4.69) is 5.16 Å². The Bertz CT molecular complexity index is 614. The number of para-hydroxylation sites is 1. The van der Waals surface area contributed by atoms with Crippen LogP contribution in [0.1, 0.15) is 5.56 Å². The van der Waals surface area contributed by atoms with Crippen LogP contribution in [0.25, 0.3) is 0 Å². The van der Waals surface area contributed by atoms with E-state index in [0.29, 0.717) is 0 Å². The fourth-order valence-corrected chi connectivity index (χ4v) is 2.70. The van der Waals surface area contributed by atoms with Gasteiger partial charge in [-0.15, -0.1) is 11.8 Å². The van der Waals surface area contributed by atoms with Gasteiger partial charge in [0.15, 0.2) is 5.84 Å². The number of benzene rings is 2. The number of nitrogens with two attached hydrogens (primary N) is 1. The van der Waals surface area contributed by atoms with E-state index in [4.69, 9.17) is 10.9 Å². The van der Waals surface area contributed by atoms with Crippen molar-refractivity contribution in [2.24, 2.45) is 10.9 Å². The van der Waals surface area contributed by atoms with Crippen LogP contribution in [0.5, 0.6) is 0 Å². The Labute approximate surface area is 122 Å². The number of amidine groups is 1. The molecule has 0 aromatic heterocycles. The summed E-state index contributed by atoms with van der Waals surface area (Å²) in [6, 6.07) is 15.8. The van der Waals surface area contributed by atoms with E-state index < -0.39 is 0 Å². The van der Waals surface area contributed by atoms with E-state index >= 15 is 0 Å². The number of hydrogen-bond acceptors (Lipinski definition) is 4. The first-order valence-corrected chi connectivity index (χ1v) is 7.35. The van der Waals surface area contributed by atoms with Crippen LogP contribution in [-0.2, 0) is 0 Å². The number of anilines is 2. The van der Waals surface area contributed by atoms with Crippen LogP contribution in [0.3, 0.4) is 0 Å². The lowest BCUT2D eigenvalue weighted by molar-refractivity contribution is 0.318. The second kappa shape index (κ2) is 6.34. The molecule has 0 aliphatic rings. The van der Waals surface area contributed by atoms with Crippen molar-refractivity contribution in [3.05, 3.63) is 54.1 Å². The Morgan fingerprint density at radius 2 is 1.85 bits per heavy atom. The first kappa shape index (κ1) is 14.3. The van der Waals surface area contributed by atoms with Gasteiger partial charge in [-0.3, -0.25) is 0 Å². The topological polar surface area (TPSA) is 61.8 Å². The van der Waals surface area contributed by atoms with Crippen molar-refractivity contribution in [3.8, 4) is 0 Å². The molecule has 0 aliphatic carbocycles. The van der Waals surface area contributed by atoms with Gasteiger partial charge in [-0.2, -0.15) is 0 Å². The molecule has 3 N–H and O–H groups in total. The number of oxime groups is 1. The zero-order chi connectivity index (χ0) is 14.5. The van der Waals surface area contributed by atoms with Gasteiger partial charge >= 0.3 is 0 Å². The van der Waals surface area contributed by atoms with Gasteiger partial charge in [0.1, 0.15) is 0 Å². The molecule has 0 radical (unpaired) electrons.